The molecule has 2 heterocycles. The van der Waals surface area contributed by atoms with Gasteiger partial charge in [-0.2, -0.15) is 0 Å². The summed E-state index contributed by atoms with van der Waals surface area (Å²) < 4.78 is 0.439. The Balaban J connectivity index is 1.77. The highest BCUT2D eigenvalue weighted by Gasteiger charge is 2.41. The van der Waals surface area contributed by atoms with Gasteiger partial charge >= 0.3 is 0 Å². The summed E-state index contributed by atoms with van der Waals surface area (Å²) in [7, 11) is 0. The van der Waals surface area contributed by atoms with Gasteiger partial charge in [-0.1, -0.05) is 72.0 Å². The Morgan fingerprint density at radius 2 is 1.75 bits per heavy atom. The fourth-order valence-corrected chi connectivity index (χ4v) is 4.74. The van der Waals surface area contributed by atoms with Crippen LogP contribution in [-0.4, -0.2) is 27.6 Å². The number of rotatable bonds is 4. The highest BCUT2D eigenvalue weighted by molar-refractivity contribution is 8.26. The van der Waals surface area contributed by atoms with E-state index in [-0.39, 0.29) is 11.8 Å². The normalized spacial score (nSPS) is 18.8. The molecule has 0 N–H and O–H groups in total. The number of nitrogens with zero attached hydrogens (tertiary/aromatic N) is 2. The largest absolute Gasteiger partial charge is 0.303 e. The van der Waals surface area contributed by atoms with E-state index in [9.17, 15) is 9.59 Å². The zero-order valence-corrected chi connectivity index (χ0v) is 17.1. The van der Waals surface area contributed by atoms with Gasteiger partial charge in [-0.05, 0) is 23.8 Å². The lowest BCUT2D eigenvalue weighted by atomic mass is 10.1. The second-order valence-corrected chi connectivity index (χ2v) is 8.39. The van der Waals surface area contributed by atoms with Gasteiger partial charge in [0.1, 0.15) is 4.32 Å². The maximum absolute atomic E-state index is 13.3. The Hall–Kier alpha value is -2.41. The second kappa shape index (κ2) is 7.54. The molecule has 2 aliphatic heterocycles. The van der Waals surface area contributed by atoms with Gasteiger partial charge in [0.25, 0.3) is 11.8 Å². The first-order chi connectivity index (χ1) is 13.5. The molecule has 2 aliphatic rings. The van der Waals surface area contributed by atoms with Crippen molar-refractivity contribution in [3.8, 4) is 0 Å². The Morgan fingerprint density at radius 1 is 1.04 bits per heavy atom. The zero-order chi connectivity index (χ0) is 19.8. The van der Waals surface area contributed by atoms with E-state index in [1.807, 2.05) is 36.4 Å². The number of carbonyl (C=O) groups excluding carboxylic acids is 2. The number of anilines is 1. The van der Waals surface area contributed by atoms with Crippen molar-refractivity contribution in [2.24, 2.45) is 0 Å². The summed E-state index contributed by atoms with van der Waals surface area (Å²) in [6.07, 6.45) is 1.62. The second-order valence-electron chi connectivity index (χ2n) is 6.31. The van der Waals surface area contributed by atoms with Crippen molar-refractivity contribution in [3.63, 3.8) is 0 Å². The van der Waals surface area contributed by atoms with E-state index in [4.69, 9.17) is 23.8 Å². The molecule has 0 unspecified atom stereocenters. The average molecular weight is 427 g/mol. The summed E-state index contributed by atoms with van der Waals surface area (Å²) in [6.45, 7) is 4.39. The number of carbonyl (C=O) groups is 2. The van der Waals surface area contributed by atoms with Gasteiger partial charge in [-0.25, -0.2) is 0 Å². The predicted molar refractivity (Wildman–Crippen MR) is 118 cm³/mol. The summed E-state index contributed by atoms with van der Waals surface area (Å²) in [5.74, 6) is -0.448. The minimum atomic E-state index is -0.249. The third-order valence-corrected chi connectivity index (χ3v) is 6.27. The molecule has 2 aromatic rings. The average Bonchev–Trinajstić information content (AvgIpc) is 3.12. The van der Waals surface area contributed by atoms with E-state index in [1.165, 1.54) is 16.7 Å². The molecule has 2 aromatic carbocycles. The molecular weight excluding hydrogens is 412 g/mol. The minimum absolute atomic E-state index is 0.199. The Labute approximate surface area is 177 Å². The van der Waals surface area contributed by atoms with E-state index in [0.29, 0.717) is 32.9 Å². The SMILES string of the molecule is C=CCN1C(=O)/C(=C2/C(=O)N(Cc3ccc(Cl)cc3)c3ccccc32)SC1=S. The summed E-state index contributed by atoms with van der Waals surface area (Å²) in [6, 6.07) is 14.9. The van der Waals surface area contributed by atoms with Crippen molar-refractivity contribution < 1.29 is 9.59 Å². The van der Waals surface area contributed by atoms with Crippen LogP contribution < -0.4 is 4.90 Å². The number of halogens is 1. The van der Waals surface area contributed by atoms with E-state index in [1.54, 1.807) is 23.1 Å². The predicted octanol–water partition coefficient (Wildman–Crippen LogP) is 4.64. The van der Waals surface area contributed by atoms with Crippen molar-refractivity contribution in [2.45, 2.75) is 6.54 Å². The molecule has 4 nitrogen and oxygen atoms in total. The number of para-hydroxylation sites is 1. The van der Waals surface area contributed by atoms with Crippen molar-refractivity contribution in [1.82, 2.24) is 4.90 Å². The van der Waals surface area contributed by atoms with Gasteiger partial charge < -0.3 is 4.90 Å². The maximum atomic E-state index is 13.3. The molecule has 28 heavy (non-hydrogen) atoms. The topological polar surface area (TPSA) is 40.6 Å². The van der Waals surface area contributed by atoms with E-state index < -0.39 is 0 Å². The highest BCUT2D eigenvalue weighted by Crippen LogP contribution is 2.44. The molecular formula is C21H15ClN2O2S2. The van der Waals surface area contributed by atoms with Crippen LogP contribution in [0.25, 0.3) is 5.57 Å². The number of hydrogen-bond donors (Lipinski definition) is 0. The van der Waals surface area contributed by atoms with E-state index in [0.717, 1.165) is 16.8 Å². The van der Waals surface area contributed by atoms with Gasteiger partial charge in [0.15, 0.2) is 0 Å². The molecule has 1 fully saturated rings. The van der Waals surface area contributed by atoms with Crippen LogP contribution >= 0.6 is 35.6 Å². The van der Waals surface area contributed by atoms with E-state index in [2.05, 4.69) is 6.58 Å². The van der Waals surface area contributed by atoms with Crippen LogP contribution in [0.4, 0.5) is 5.69 Å². The van der Waals surface area contributed by atoms with E-state index >= 15 is 0 Å². The minimum Gasteiger partial charge on any atom is -0.303 e. The van der Waals surface area contributed by atoms with Crippen molar-refractivity contribution in [1.29, 1.82) is 0 Å². The van der Waals surface area contributed by atoms with Gasteiger partial charge in [-0.3, -0.25) is 14.5 Å². The number of benzene rings is 2. The molecule has 0 saturated carbocycles. The lowest BCUT2D eigenvalue weighted by Gasteiger charge is -2.17. The van der Waals surface area contributed by atoms with Gasteiger partial charge in [0, 0.05) is 17.1 Å². The van der Waals surface area contributed by atoms with Crippen molar-refractivity contribution >= 4 is 63.0 Å². The standard InChI is InChI=1S/C21H15ClN2O2S2/c1-2-11-23-20(26)18(28-21(23)27)17-15-5-3-4-6-16(15)24(19(17)25)12-13-7-9-14(22)10-8-13/h2-10H,1,11-12H2/b18-17-. The van der Waals surface area contributed by atoms with Crippen LogP contribution in [0.3, 0.4) is 0 Å². The van der Waals surface area contributed by atoms with Crippen LogP contribution in [0, 0.1) is 0 Å². The van der Waals surface area contributed by atoms with Crippen molar-refractivity contribution in [3.05, 3.63) is 82.2 Å². The quantitative estimate of drug-likeness (QED) is 0.405. The van der Waals surface area contributed by atoms with Crippen LogP contribution in [-0.2, 0) is 16.1 Å². The Morgan fingerprint density at radius 3 is 2.46 bits per heavy atom. The Kier molecular flexibility index (Phi) is 5.10. The number of hydrogen-bond acceptors (Lipinski definition) is 4. The molecule has 1 saturated heterocycles. The molecule has 140 valence electrons. The maximum Gasteiger partial charge on any atom is 0.267 e. The first kappa shape index (κ1) is 18.9. The molecule has 0 radical (unpaired) electrons. The lowest BCUT2D eigenvalue weighted by molar-refractivity contribution is -0.122. The molecule has 0 atom stereocenters. The third kappa shape index (κ3) is 3.17. The van der Waals surface area contributed by atoms with Gasteiger partial charge in [0.2, 0.25) is 0 Å². The molecule has 0 bridgehead atoms. The molecule has 0 aromatic heterocycles. The number of thiocarbonyl (C=S) groups is 1. The summed E-state index contributed by atoms with van der Waals surface area (Å²) in [4.78, 5) is 29.7. The van der Waals surface area contributed by atoms with Crippen LogP contribution in [0.1, 0.15) is 11.1 Å². The number of amides is 2. The summed E-state index contributed by atoms with van der Waals surface area (Å²) in [5.41, 5.74) is 2.90. The highest BCUT2D eigenvalue weighted by atomic mass is 35.5. The van der Waals surface area contributed by atoms with Crippen LogP contribution in [0.15, 0.2) is 66.1 Å². The molecule has 0 aliphatic carbocycles. The molecule has 0 spiro atoms. The third-order valence-electron chi connectivity index (χ3n) is 4.57. The lowest BCUT2D eigenvalue weighted by Crippen LogP contribution is -2.29. The van der Waals surface area contributed by atoms with Gasteiger partial charge in [0.05, 0.1) is 22.7 Å². The molecule has 2 amide bonds. The molecule has 7 heteroatoms. The summed E-state index contributed by atoms with van der Waals surface area (Å²) in [5, 5.41) is 0.642. The van der Waals surface area contributed by atoms with Crippen LogP contribution in [0.2, 0.25) is 5.02 Å². The smallest absolute Gasteiger partial charge is 0.267 e. The monoisotopic (exact) mass is 426 g/mol. The number of thioether (sulfide) groups is 1. The van der Waals surface area contributed by atoms with Crippen molar-refractivity contribution in [2.75, 3.05) is 11.4 Å². The zero-order valence-electron chi connectivity index (χ0n) is 14.7. The number of fused-ring (bicyclic) bond motifs is 1. The van der Waals surface area contributed by atoms with Crippen LogP contribution in [0.5, 0.6) is 0 Å². The fourth-order valence-electron chi connectivity index (χ4n) is 3.26. The first-order valence-corrected chi connectivity index (χ1v) is 10.2. The Bertz CT molecular complexity index is 1050. The van der Waals surface area contributed by atoms with Gasteiger partial charge in [-0.15, -0.1) is 6.58 Å². The summed E-state index contributed by atoms with van der Waals surface area (Å²) >= 11 is 12.5. The first-order valence-electron chi connectivity index (χ1n) is 8.56. The molecule has 4 rings (SSSR count). The fraction of sp³-hybridized carbons (Fsp3) is 0.0952.